The standard InChI is InChI=1S/C11H17F6NO3/c1-4-20-8(19)7(18-6(2)3)5-21-9(10(12,13)14)11(15,16)17/h6-7,9,18H,4-5H2,1-3H3. The lowest BCUT2D eigenvalue weighted by Gasteiger charge is -2.26. The number of rotatable bonds is 7. The molecule has 0 aromatic carbocycles. The normalized spacial score (nSPS) is 14.6. The van der Waals surface area contributed by atoms with Crippen molar-refractivity contribution in [3.8, 4) is 0 Å². The third-order valence-corrected chi connectivity index (χ3v) is 2.13. The van der Waals surface area contributed by atoms with Gasteiger partial charge in [0.1, 0.15) is 6.04 Å². The summed E-state index contributed by atoms with van der Waals surface area (Å²) < 4.78 is 82.2. The van der Waals surface area contributed by atoms with Crippen LogP contribution < -0.4 is 5.32 Å². The largest absolute Gasteiger partial charge is 0.465 e. The van der Waals surface area contributed by atoms with Crippen molar-refractivity contribution in [3.63, 3.8) is 0 Å². The highest BCUT2D eigenvalue weighted by Gasteiger charge is 2.58. The lowest BCUT2D eigenvalue weighted by Crippen LogP contribution is -2.50. The van der Waals surface area contributed by atoms with E-state index in [9.17, 15) is 31.1 Å². The maximum atomic E-state index is 12.3. The van der Waals surface area contributed by atoms with Gasteiger partial charge in [0.2, 0.25) is 6.10 Å². The molecule has 4 nitrogen and oxygen atoms in total. The van der Waals surface area contributed by atoms with Crippen LogP contribution in [-0.2, 0) is 14.3 Å². The molecule has 0 saturated heterocycles. The Balaban J connectivity index is 4.88. The van der Waals surface area contributed by atoms with Crippen molar-refractivity contribution in [1.29, 1.82) is 0 Å². The van der Waals surface area contributed by atoms with Gasteiger partial charge < -0.3 is 14.8 Å². The van der Waals surface area contributed by atoms with E-state index < -0.39 is 37.1 Å². The van der Waals surface area contributed by atoms with Crippen LogP contribution >= 0.6 is 0 Å². The van der Waals surface area contributed by atoms with Gasteiger partial charge in [-0.1, -0.05) is 13.8 Å². The number of nitrogens with one attached hydrogen (secondary N) is 1. The minimum absolute atomic E-state index is 0.0585. The molecule has 0 spiro atoms. The van der Waals surface area contributed by atoms with Gasteiger partial charge in [0, 0.05) is 6.04 Å². The smallest absolute Gasteiger partial charge is 0.423 e. The first-order chi connectivity index (χ1) is 9.39. The molecule has 0 amide bonds. The van der Waals surface area contributed by atoms with Crippen molar-refractivity contribution in [2.24, 2.45) is 0 Å². The van der Waals surface area contributed by atoms with Crippen LogP contribution in [0.2, 0.25) is 0 Å². The zero-order valence-corrected chi connectivity index (χ0v) is 11.6. The summed E-state index contributed by atoms with van der Waals surface area (Å²) in [5.41, 5.74) is 0. The van der Waals surface area contributed by atoms with Crippen molar-refractivity contribution in [2.75, 3.05) is 13.2 Å². The minimum atomic E-state index is -5.62. The van der Waals surface area contributed by atoms with E-state index in [2.05, 4.69) is 14.8 Å². The number of carbonyl (C=O) groups is 1. The average Bonchev–Trinajstić information content (AvgIpc) is 2.23. The molecule has 0 bridgehead atoms. The molecule has 1 unspecified atom stereocenters. The highest BCUT2D eigenvalue weighted by Crippen LogP contribution is 2.35. The van der Waals surface area contributed by atoms with E-state index >= 15 is 0 Å². The highest BCUT2D eigenvalue weighted by atomic mass is 19.4. The van der Waals surface area contributed by atoms with E-state index in [4.69, 9.17) is 0 Å². The van der Waals surface area contributed by atoms with Crippen LogP contribution in [0.4, 0.5) is 26.3 Å². The van der Waals surface area contributed by atoms with Gasteiger partial charge in [-0.05, 0) is 6.92 Å². The third kappa shape index (κ3) is 7.51. The van der Waals surface area contributed by atoms with Crippen molar-refractivity contribution in [3.05, 3.63) is 0 Å². The molecule has 1 atom stereocenters. The molecular weight excluding hydrogens is 308 g/mol. The number of alkyl halides is 6. The van der Waals surface area contributed by atoms with Gasteiger partial charge in [-0.15, -0.1) is 0 Å². The number of carbonyl (C=O) groups excluding carboxylic acids is 1. The molecule has 1 N–H and O–H groups in total. The summed E-state index contributed by atoms with van der Waals surface area (Å²) in [6, 6.07) is -1.78. The first kappa shape index (κ1) is 20.0. The number of hydrogen-bond donors (Lipinski definition) is 1. The Bertz CT molecular complexity index is 315. The van der Waals surface area contributed by atoms with E-state index in [0.717, 1.165) is 0 Å². The summed E-state index contributed by atoms with van der Waals surface area (Å²) in [5, 5.41) is 2.49. The molecule has 0 saturated carbocycles. The Morgan fingerprint density at radius 3 is 1.90 bits per heavy atom. The third-order valence-electron chi connectivity index (χ3n) is 2.13. The summed E-state index contributed by atoms with van der Waals surface area (Å²) in [6.45, 7) is 3.42. The maximum Gasteiger partial charge on any atom is 0.423 e. The minimum Gasteiger partial charge on any atom is -0.465 e. The maximum absolute atomic E-state index is 12.3. The predicted octanol–water partition coefficient (Wildman–Crippen LogP) is 2.43. The Kier molecular flexibility index (Phi) is 7.45. The van der Waals surface area contributed by atoms with Crippen molar-refractivity contribution in [2.45, 2.75) is 51.3 Å². The van der Waals surface area contributed by atoms with Crippen LogP contribution in [0.3, 0.4) is 0 Å². The van der Waals surface area contributed by atoms with Gasteiger partial charge >= 0.3 is 18.3 Å². The molecule has 0 rings (SSSR count). The molecule has 0 aromatic heterocycles. The Morgan fingerprint density at radius 2 is 1.57 bits per heavy atom. The summed E-state index contributed by atoms with van der Waals surface area (Å²) >= 11 is 0. The van der Waals surface area contributed by atoms with Crippen molar-refractivity contribution < 1.29 is 40.6 Å². The second-order valence-electron chi connectivity index (χ2n) is 4.42. The predicted molar refractivity (Wildman–Crippen MR) is 60.5 cm³/mol. The summed E-state index contributed by atoms with van der Waals surface area (Å²) in [4.78, 5) is 11.5. The number of esters is 1. The van der Waals surface area contributed by atoms with Crippen LogP contribution in [-0.4, -0.2) is 49.7 Å². The lowest BCUT2D eigenvalue weighted by molar-refractivity contribution is -0.322. The first-order valence-electron chi connectivity index (χ1n) is 6.07. The molecule has 21 heavy (non-hydrogen) atoms. The Hall–Kier alpha value is -1.03. The molecule has 0 fully saturated rings. The van der Waals surface area contributed by atoms with Crippen LogP contribution in [0.1, 0.15) is 20.8 Å². The van der Waals surface area contributed by atoms with E-state index in [1.165, 1.54) is 6.92 Å². The molecule has 10 heteroatoms. The SMILES string of the molecule is CCOC(=O)C(COC(C(F)(F)F)C(F)(F)F)NC(C)C. The summed E-state index contributed by atoms with van der Waals surface area (Å²) in [7, 11) is 0. The van der Waals surface area contributed by atoms with Gasteiger partial charge in [-0.25, -0.2) is 0 Å². The monoisotopic (exact) mass is 325 g/mol. The fourth-order valence-corrected chi connectivity index (χ4v) is 1.40. The zero-order valence-electron chi connectivity index (χ0n) is 11.6. The zero-order chi connectivity index (χ0) is 16.8. The number of halogens is 6. The van der Waals surface area contributed by atoms with E-state index in [1.807, 2.05) is 0 Å². The van der Waals surface area contributed by atoms with Gasteiger partial charge in [0.25, 0.3) is 0 Å². The van der Waals surface area contributed by atoms with Gasteiger partial charge in [0.05, 0.1) is 13.2 Å². The second kappa shape index (κ2) is 7.83. The lowest BCUT2D eigenvalue weighted by atomic mass is 10.2. The van der Waals surface area contributed by atoms with Crippen LogP contribution in [0.5, 0.6) is 0 Å². The average molecular weight is 325 g/mol. The van der Waals surface area contributed by atoms with Crippen LogP contribution in [0, 0.1) is 0 Å². The molecular formula is C11H17F6NO3. The highest BCUT2D eigenvalue weighted by molar-refractivity contribution is 5.76. The molecule has 126 valence electrons. The number of hydrogen-bond acceptors (Lipinski definition) is 4. The molecule has 0 aliphatic heterocycles. The van der Waals surface area contributed by atoms with Crippen LogP contribution in [0.25, 0.3) is 0 Å². The topological polar surface area (TPSA) is 47.6 Å². The molecule has 0 aliphatic carbocycles. The Morgan fingerprint density at radius 1 is 1.10 bits per heavy atom. The molecule has 0 radical (unpaired) electrons. The fraction of sp³-hybridized carbons (Fsp3) is 0.909. The fourth-order valence-electron chi connectivity index (χ4n) is 1.40. The van der Waals surface area contributed by atoms with Crippen molar-refractivity contribution >= 4 is 5.97 Å². The van der Waals surface area contributed by atoms with E-state index in [0.29, 0.717) is 0 Å². The quantitative estimate of drug-likeness (QED) is 0.577. The van der Waals surface area contributed by atoms with E-state index in [1.54, 1.807) is 13.8 Å². The molecule has 0 heterocycles. The Labute approximate surface area is 117 Å². The van der Waals surface area contributed by atoms with Gasteiger partial charge in [-0.2, -0.15) is 26.3 Å². The van der Waals surface area contributed by atoms with Gasteiger partial charge in [0.15, 0.2) is 0 Å². The van der Waals surface area contributed by atoms with Gasteiger partial charge in [-0.3, -0.25) is 4.79 Å². The summed E-state index contributed by atoms with van der Waals surface area (Å²) in [6.07, 6.45) is -15.2. The van der Waals surface area contributed by atoms with E-state index in [-0.39, 0.29) is 12.6 Å². The van der Waals surface area contributed by atoms with Crippen molar-refractivity contribution in [1.82, 2.24) is 5.32 Å². The first-order valence-corrected chi connectivity index (χ1v) is 6.07. The summed E-state index contributed by atoms with van der Waals surface area (Å²) in [5.74, 6) is -0.978. The number of ether oxygens (including phenoxy) is 2. The van der Waals surface area contributed by atoms with Crippen LogP contribution in [0.15, 0.2) is 0 Å². The second-order valence-corrected chi connectivity index (χ2v) is 4.42. The molecule has 0 aliphatic rings. The molecule has 0 aromatic rings.